The molecule has 0 saturated heterocycles. The molecule has 0 bridgehead atoms. The molecule has 2 heterocycles. The van der Waals surface area contributed by atoms with Crippen LogP contribution in [0.15, 0.2) is 90.0 Å². The van der Waals surface area contributed by atoms with Gasteiger partial charge >= 0.3 is 11.9 Å². The Morgan fingerprint density at radius 2 is 1.41 bits per heavy atom. The quantitative estimate of drug-likeness (QED) is 0.0164. The molecule has 0 saturated carbocycles. The lowest BCUT2D eigenvalue weighted by Crippen LogP contribution is -2.51. The van der Waals surface area contributed by atoms with Crippen LogP contribution in [0, 0.1) is 18.4 Å². The van der Waals surface area contributed by atoms with E-state index < -0.39 is 67.4 Å². The minimum Gasteiger partial charge on any atom is -0.465 e. The molecule has 0 fully saturated rings. The van der Waals surface area contributed by atoms with Gasteiger partial charge in [-0.15, -0.1) is 11.8 Å². The Bertz CT molecular complexity index is 2930. The van der Waals surface area contributed by atoms with Crippen molar-refractivity contribution in [2.24, 2.45) is 16.9 Å². The molecular formula is C61H80N6O11S2. The number of anilines is 2. The van der Waals surface area contributed by atoms with Gasteiger partial charge in [0.05, 0.1) is 47.8 Å². The number of fused-ring (bicyclic) bond motifs is 6. The van der Waals surface area contributed by atoms with Crippen molar-refractivity contribution in [1.29, 1.82) is 0 Å². The van der Waals surface area contributed by atoms with Crippen LogP contribution in [0.25, 0.3) is 4.85 Å². The zero-order valence-corrected chi connectivity index (χ0v) is 49.7. The lowest BCUT2D eigenvalue weighted by molar-refractivity contribution is -0.154. The third-order valence-corrected chi connectivity index (χ3v) is 17.4. The van der Waals surface area contributed by atoms with Crippen LogP contribution < -0.4 is 19.9 Å². The number of thioether (sulfide) groups is 1. The molecule has 2 amide bonds. The molecule has 2 aliphatic rings. The maximum absolute atomic E-state index is 14.9. The molecule has 80 heavy (non-hydrogen) atoms. The van der Waals surface area contributed by atoms with E-state index in [9.17, 15) is 32.1 Å². The number of carbonyl (C=O) groups is 4. The van der Waals surface area contributed by atoms with Crippen LogP contribution in [-0.2, 0) is 50.0 Å². The van der Waals surface area contributed by atoms with Crippen molar-refractivity contribution in [1.82, 2.24) is 10.3 Å². The van der Waals surface area contributed by atoms with Crippen LogP contribution in [0.3, 0.4) is 0 Å². The Morgan fingerprint density at radius 1 is 0.825 bits per heavy atom. The summed E-state index contributed by atoms with van der Waals surface area (Å²) in [6.07, 6.45) is 3.31. The van der Waals surface area contributed by atoms with Crippen molar-refractivity contribution in [3.8, 4) is 11.5 Å². The largest absolute Gasteiger partial charge is 0.465 e. The lowest BCUT2D eigenvalue weighted by Gasteiger charge is -2.42. The second-order valence-corrected chi connectivity index (χ2v) is 23.9. The molecule has 0 aliphatic carbocycles. The maximum atomic E-state index is 14.9. The number of nitrogens with one attached hydrogen (secondary N) is 1. The second-order valence-electron chi connectivity index (χ2n) is 21.3. The zero-order valence-electron chi connectivity index (χ0n) is 48.1. The number of nitrogens with zero attached hydrogens (tertiary/aromatic N) is 5. The number of hydrogen-bond donors (Lipinski definition) is 2. The molecule has 1 spiro atoms. The molecule has 0 aromatic heterocycles. The van der Waals surface area contributed by atoms with E-state index in [1.165, 1.54) is 32.7 Å². The number of benzene rings is 4. The van der Waals surface area contributed by atoms with Gasteiger partial charge in [0, 0.05) is 105 Å². The smallest absolute Gasteiger partial charge is 0.309 e. The van der Waals surface area contributed by atoms with Gasteiger partial charge in [-0.1, -0.05) is 74.9 Å². The fraction of sp³-hybridized carbons (Fsp3) is 0.508. The van der Waals surface area contributed by atoms with Crippen molar-refractivity contribution < 1.29 is 51.1 Å². The molecule has 4 aromatic rings. The average Bonchev–Trinajstić information content (AvgIpc) is 3.89. The van der Waals surface area contributed by atoms with Crippen LogP contribution in [-0.4, -0.2) is 123 Å². The molecule has 6 rings (SSSR count). The number of hydrogen-bond acceptors (Lipinski definition) is 14. The van der Waals surface area contributed by atoms with Crippen molar-refractivity contribution in [2.45, 2.75) is 128 Å². The Labute approximate surface area is 477 Å². The fourth-order valence-corrected chi connectivity index (χ4v) is 12.7. The van der Waals surface area contributed by atoms with Gasteiger partial charge in [-0.05, 0) is 90.1 Å². The summed E-state index contributed by atoms with van der Waals surface area (Å²) in [5.41, 5.74) is 2.74. The summed E-state index contributed by atoms with van der Waals surface area (Å²) in [6, 6.07) is 27.4. The molecule has 0 radical (unpaired) electrons. The summed E-state index contributed by atoms with van der Waals surface area (Å²) in [7, 11) is -3.04. The fourth-order valence-electron chi connectivity index (χ4n) is 10.6. The van der Waals surface area contributed by atoms with Gasteiger partial charge in [-0.25, -0.2) is 11.6 Å². The Morgan fingerprint density at radius 3 is 1.96 bits per heavy atom. The molecule has 432 valence electrons. The highest BCUT2D eigenvalue weighted by Gasteiger charge is 2.57. The molecule has 4 aromatic carbocycles. The number of amides is 2. The van der Waals surface area contributed by atoms with Crippen LogP contribution in [0.1, 0.15) is 139 Å². The highest BCUT2D eigenvalue weighted by Crippen LogP contribution is 2.58. The van der Waals surface area contributed by atoms with Crippen LogP contribution in [0.2, 0.25) is 0 Å². The summed E-state index contributed by atoms with van der Waals surface area (Å²) in [6.45, 7) is 28.3. The van der Waals surface area contributed by atoms with E-state index in [1.807, 2.05) is 86.6 Å². The molecule has 2 N–H and O–H groups in total. The molecule has 17 nitrogen and oxygen atoms in total. The Hall–Kier alpha value is -6.46. The first-order valence-electron chi connectivity index (χ1n) is 27.8. The van der Waals surface area contributed by atoms with Crippen molar-refractivity contribution in [3.05, 3.63) is 130 Å². The number of ether oxygens (including phenoxy) is 4. The predicted octanol–water partition coefficient (Wildman–Crippen LogP) is 10.7. The van der Waals surface area contributed by atoms with E-state index in [1.54, 1.807) is 18.1 Å². The summed E-state index contributed by atoms with van der Waals surface area (Å²) in [4.78, 5) is 65.5. The molecule has 4 atom stereocenters. The average molecular weight is 1140 g/mol. The highest BCUT2D eigenvalue weighted by atomic mass is 32.2. The van der Waals surface area contributed by atoms with Gasteiger partial charge < -0.3 is 38.9 Å². The van der Waals surface area contributed by atoms with Gasteiger partial charge in [0.2, 0.25) is 11.4 Å². The molecule has 2 aliphatic heterocycles. The van der Waals surface area contributed by atoms with E-state index in [0.29, 0.717) is 35.5 Å². The van der Waals surface area contributed by atoms with Crippen molar-refractivity contribution >= 4 is 63.2 Å². The summed E-state index contributed by atoms with van der Waals surface area (Å²) in [5, 5.41) is 8.41. The van der Waals surface area contributed by atoms with Gasteiger partial charge in [0.25, 0.3) is 16.0 Å². The number of carbonyl (C=O) groups excluding carboxylic acids is 4. The molecular weight excluding hydrogens is 1060 g/mol. The minimum absolute atomic E-state index is 0.0349. The van der Waals surface area contributed by atoms with E-state index in [-0.39, 0.29) is 50.7 Å². The first-order chi connectivity index (χ1) is 38.1. The molecule has 4 unspecified atom stereocenters. The standard InChI is InChI=1S/C61H80N6O11S2/c1-12-18-31-76-57(70)44(34-45(38-60(9,13-2)62-10)58(71)77-33-32-75-11)35-54(55(68)64-59(7,8)41-80(72,73)74)79-40-43-25-23-42(24-26-43)39-63-67-56(69)48-21-19-20-22-49(48)61(67)50-29-27-46(65(14-3)15-4)36-52(50)78-53-37-47(28-30-51(53)61)66(16-5)17-6/h19-30,36-37,39,44-45,54H,12-18,31-35,38,40-41H2,1-9,11H3,(H,64,68)(H,72,73,74)/b63-39+. The normalized spacial score (nSPS) is 15.4. The van der Waals surface area contributed by atoms with Crippen LogP contribution in [0.4, 0.5) is 11.4 Å². The third kappa shape index (κ3) is 14.9. The monoisotopic (exact) mass is 1140 g/mol. The number of rotatable bonds is 30. The number of hydrazone groups is 1. The van der Waals surface area contributed by atoms with Gasteiger partial charge in [0.1, 0.15) is 23.6 Å². The molecule has 19 heteroatoms. The van der Waals surface area contributed by atoms with Gasteiger partial charge in [0.15, 0.2) is 0 Å². The van der Waals surface area contributed by atoms with Gasteiger partial charge in [-0.3, -0.25) is 23.7 Å². The highest BCUT2D eigenvalue weighted by molar-refractivity contribution is 7.99. The summed E-state index contributed by atoms with van der Waals surface area (Å²) >= 11 is 1.22. The second kappa shape index (κ2) is 27.8. The van der Waals surface area contributed by atoms with Crippen molar-refractivity contribution in [3.63, 3.8) is 0 Å². The van der Waals surface area contributed by atoms with Crippen LogP contribution >= 0.6 is 11.8 Å². The zero-order chi connectivity index (χ0) is 58.4. The SMILES string of the molecule is [C-]#[N+]C(C)(CC)CC(CC(CC(SCc1ccc(/C=N/N2C(=O)c3ccccc3C23c2ccc(N(CC)CC)cc2Oc2cc(N(CC)CC)ccc23)cc1)C(=O)NC(C)(C)CS(=O)(=O)O)C(=O)OCCCC)C(=O)OCCOC. The summed E-state index contributed by atoms with van der Waals surface area (Å²) in [5.74, 6) is -3.29. The van der Waals surface area contributed by atoms with E-state index >= 15 is 0 Å². The summed E-state index contributed by atoms with van der Waals surface area (Å²) < 4.78 is 57.2. The number of esters is 2. The first kappa shape index (κ1) is 62.7. The lowest BCUT2D eigenvalue weighted by atomic mass is 9.75. The maximum Gasteiger partial charge on any atom is 0.309 e. The minimum atomic E-state index is -4.52. The van der Waals surface area contributed by atoms with E-state index in [4.69, 9.17) is 30.6 Å². The third-order valence-electron chi connectivity index (χ3n) is 15.0. The van der Waals surface area contributed by atoms with E-state index in [2.05, 4.69) is 59.8 Å². The Balaban J connectivity index is 1.35. The van der Waals surface area contributed by atoms with Crippen LogP contribution in [0.5, 0.6) is 11.5 Å². The number of unbranched alkanes of at least 4 members (excludes halogenated alkanes) is 1. The first-order valence-corrected chi connectivity index (χ1v) is 30.4. The van der Waals surface area contributed by atoms with E-state index in [0.717, 1.165) is 66.2 Å². The van der Waals surface area contributed by atoms with Crippen molar-refractivity contribution in [2.75, 3.05) is 68.7 Å². The van der Waals surface area contributed by atoms with Gasteiger partial charge in [-0.2, -0.15) is 13.5 Å². The topological polar surface area (TPSA) is 198 Å². The Kier molecular flexibility index (Phi) is 21.8. The number of methoxy groups -OCH3 is 1. The predicted molar refractivity (Wildman–Crippen MR) is 315 cm³/mol.